The van der Waals surface area contributed by atoms with Crippen LogP contribution in [0.15, 0.2) is 0 Å². The van der Waals surface area contributed by atoms with Gasteiger partial charge in [-0.25, -0.2) is 4.79 Å². The van der Waals surface area contributed by atoms with Crippen LogP contribution in [0.4, 0.5) is 0 Å². The third kappa shape index (κ3) is 7.28. The van der Waals surface area contributed by atoms with Crippen LogP contribution in [-0.4, -0.2) is 36.2 Å². The van der Waals surface area contributed by atoms with Crippen LogP contribution in [0.2, 0.25) is 0 Å². The lowest BCUT2D eigenvalue weighted by atomic mass is 9.82. The van der Waals surface area contributed by atoms with Gasteiger partial charge in [-0.1, -0.05) is 27.2 Å². The first-order valence-corrected chi connectivity index (χ1v) is 11.5. The van der Waals surface area contributed by atoms with Gasteiger partial charge in [0.05, 0.1) is 17.4 Å². The average molecular weight is 427 g/mol. The second-order valence-corrected chi connectivity index (χ2v) is 9.81. The third-order valence-corrected chi connectivity index (χ3v) is 6.73. The number of ether oxygens (including phenoxy) is 3. The largest absolute Gasteiger partial charge is 0.463 e. The molecule has 6 heteroatoms. The van der Waals surface area contributed by atoms with Gasteiger partial charge in [0, 0.05) is 6.42 Å². The van der Waals surface area contributed by atoms with Gasteiger partial charge in [-0.2, -0.15) is 0 Å². The molecular weight excluding hydrogens is 384 g/mol. The Hall–Kier alpha value is -1.59. The second-order valence-electron chi connectivity index (χ2n) is 9.81. The summed E-state index contributed by atoms with van der Waals surface area (Å²) in [5.41, 5.74) is -1.01. The second kappa shape index (κ2) is 11.1. The Bertz CT molecular complexity index is 587. The minimum atomic E-state index is -0.687. The first-order chi connectivity index (χ1) is 13.9. The highest BCUT2D eigenvalue weighted by Gasteiger charge is 2.38. The van der Waals surface area contributed by atoms with E-state index in [0.29, 0.717) is 19.4 Å². The summed E-state index contributed by atoms with van der Waals surface area (Å²) in [6.45, 7) is 14.0. The number of hydrogen-bond donors (Lipinski definition) is 0. The minimum absolute atomic E-state index is 0.0150. The molecule has 6 nitrogen and oxygen atoms in total. The van der Waals surface area contributed by atoms with E-state index in [0.717, 1.165) is 25.7 Å². The number of esters is 3. The van der Waals surface area contributed by atoms with Gasteiger partial charge in [0.25, 0.3) is 0 Å². The van der Waals surface area contributed by atoms with Crippen LogP contribution in [-0.2, 0) is 28.6 Å². The molecule has 0 aromatic heterocycles. The first-order valence-electron chi connectivity index (χ1n) is 11.5. The molecule has 1 aliphatic carbocycles. The van der Waals surface area contributed by atoms with Gasteiger partial charge >= 0.3 is 17.9 Å². The van der Waals surface area contributed by atoms with Crippen LogP contribution >= 0.6 is 0 Å². The molecule has 30 heavy (non-hydrogen) atoms. The Morgan fingerprint density at radius 1 is 0.967 bits per heavy atom. The molecule has 1 aliphatic heterocycles. The summed E-state index contributed by atoms with van der Waals surface area (Å²) in [6, 6.07) is 0. The highest BCUT2D eigenvalue weighted by atomic mass is 16.6. The molecule has 2 aliphatic rings. The zero-order valence-corrected chi connectivity index (χ0v) is 20.1. The van der Waals surface area contributed by atoms with Crippen LogP contribution in [0.1, 0.15) is 106 Å². The van der Waals surface area contributed by atoms with Crippen molar-refractivity contribution in [2.24, 2.45) is 10.8 Å². The van der Waals surface area contributed by atoms with Crippen LogP contribution in [0.25, 0.3) is 0 Å². The van der Waals surface area contributed by atoms with E-state index >= 15 is 0 Å². The SMILES string of the molecule is CCC(C)(C)C(=O)OC1CCOC1=O.CCC1(OC(=O)C(C)(C)CC)CCCCC1. The lowest BCUT2D eigenvalue weighted by Crippen LogP contribution is -2.40. The van der Waals surface area contributed by atoms with Crippen LogP contribution in [0, 0.1) is 10.8 Å². The summed E-state index contributed by atoms with van der Waals surface area (Å²) in [5, 5.41) is 0. The summed E-state index contributed by atoms with van der Waals surface area (Å²) in [7, 11) is 0. The van der Waals surface area contributed by atoms with E-state index in [-0.39, 0.29) is 23.0 Å². The zero-order chi connectivity index (χ0) is 23.0. The maximum Gasteiger partial charge on any atom is 0.347 e. The van der Waals surface area contributed by atoms with Crippen LogP contribution in [0.5, 0.6) is 0 Å². The maximum absolute atomic E-state index is 12.1. The predicted octanol–water partition coefficient (Wildman–Crippen LogP) is 5.36. The standard InChI is InChI=1S/C14H26O2.C10H16O4/c1-5-13(3,4)12(15)16-14(6-2)10-8-7-9-11-14;1-4-10(2,3)9(12)14-7-5-6-13-8(7)11/h5-11H2,1-4H3;7H,4-6H2,1-3H3. The van der Waals surface area contributed by atoms with Crippen molar-refractivity contribution >= 4 is 17.9 Å². The molecule has 0 radical (unpaired) electrons. The molecule has 1 unspecified atom stereocenters. The van der Waals surface area contributed by atoms with Crippen molar-refractivity contribution in [3.63, 3.8) is 0 Å². The highest BCUT2D eigenvalue weighted by molar-refractivity contribution is 5.82. The molecule has 1 saturated carbocycles. The fraction of sp³-hybridized carbons (Fsp3) is 0.875. The number of carbonyl (C=O) groups is 3. The Balaban J connectivity index is 0.000000303. The van der Waals surface area contributed by atoms with Crippen molar-refractivity contribution in [3.05, 3.63) is 0 Å². The van der Waals surface area contributed by atoms with Crippen molar-refractivity contribution in [1.29, 1.82) is 0 Å². The van der Waals surface area contributed by atoms with Crippen molar-refractivity contribution in [3.8, 4) is 0 Å². The Labute approximate surface area is 182 Å². The third-order valence-electron chi connectivity index (χ3n) is 6.73. The van der Waals surface area contributed by atoms with Crippen molar-refractivity contribution in [2.75, 3.05) is 6.61 Å². The summed E-state index contributed by atoms with van der Waals surface area (Å²) in [6.07, 6.45) is 8.07. The predicted molar refractivity (Wildman–Crippen MR) is 116 cm³/mol. The topological polar surface area (TPSA) is 78.9 Å². The van der Waals surface area contributed by atoms with E-state index < -0.39 is 17.5 Å². The summed E-state index contributed by atoms with van der Waals surface area (Å²) in [5.74, 6) is -0.771. The average Bonchev–Trinajstić information content (AvgIpc) is 3.13. The zero-order valence-electron chi connectivity index (χ0n) is 20.1. The number of hydrogen-bond acceptors (Lipinski definition) is 6. The molecule has 1 atom stereocenters. The monoisotopic (exact) mass is 426 g/mol. The fourth-order valence-electron chi connectivity index (χ4n) is 3.22. The Kier molecular flexibility index (Phi) is 9.83. The van der Waals surface area contributed by atoms with Gasteiger partial charge in [0.2, 0.25) is 6.10 Å². The normalized spacial score (nSPS) is 21.2. The number of rotatable bonds is 7. The summed E-state index contributed by atoms with van der Waals surface area (Å²) in [4.78, 5) is 34.7. The quantitative estimate of drug-likeness (QED) is 0.403. The lowest BCUT2D eigenvalue weighted by molar-refractivity contribution is -0.174. The van der Waals surface area contributed by atoms with Crippen molar-refractivity contribution in [1.82, 2.24) is 0 Å². The molecule has 0 spiro atoms. The summed E-state index contributed by atoms with van der Waals surface area (Å²) < 4.78 is 15.6. The van der Waals surface area contributed by atoms with Gasteiger partial charge in [0.1, 0.15) is 5.60 Å². The van der Waals surface area contributed by atoms with E-state index in [2.05, 4.69) is 6.92 Å². The van der Waals surface area contributed by atoms with E-state index in [1.807, 2.05) is 27.7 Å². The molecule has 1 heterocycles. The van der Waals surface area contributed by atoms with Gasteiger partial charge in [-0.05, 0) is 72.6 Å². The Morgan fingerprint density at radius 2 is 1.50 bits per heavy atom. The number of cyclic esters (lactones) is 1. The molecule has 0 N–H and O–H groups in total. The maximum atomic E-state index is 12.1. The van der Waals surface area contributed by atoms with Crippen LogP contribution in [0.3, 0.4) is 0 Å². The minimum Gasteiger partial charge on any atom is -0.463 e. The molecule has 1 saturated heterocycles. The number of carbonyl (C=O) groups excluding carboxylic acids is 3. The molecule has 0 aromatic carbocycles. The fourth-order valence-corrected chi connectivity index (χ4v) is 3.22. The molecule has 0 aromatic rings. The molecule has 0 bridgehead atoms. The molecule has 2 fully saturated rings. The first kappa shape index (κ1) is 26.4. The molecule has 174 valence electrons. The van der Waals surface area contributed by atoms with Crippen molar-refractivity contribution in [2.45, 2.75) is 118 Å². The lowest BCUT2D eigenvalue weighted by Gasteiger charge is -2.38. The molecule has 2 rings (SSSR count). The smallest absolute Gasteiger partial charge is 0.347 e. The van der Waals surface area contributed by atoms with Crippen molar-refractivity contribution < 1.29 is 28.6 Å². The van der Waals surface area contributed by atoms with Crippen LogP contribution < -0.4 is 0 Å². The van der Waals surface area contributed by atoms with Gasteiger partial charge in [0.15, 0.2) is 0 Å². The van der Waals surface area contributed by atoms with Gasteiger partial charge in [-0.3, -0.25) is 9.59 Å². The van der Waals surface area contributed by atoms with E-state index in [4.69, 9.17) is 14.2 Å². The van der Waals surface area contributed by atoms with E-state index in [1.165, 1.54) is 19.3 Å². The molecular formula is C24H42O6. The molecule has 0 amide bonds. The Morgan fingerprint density at radius 3 is 1.93 bits per heavy atom. The highest BCUT2D eigenvalue weighted by Crippen LogP contribution is 2.37. The van der Waals surface area contributed by atoms with Gasteiger partial charge in [-0.15, -0.1) is 0 Å². The van der Waals surface area contributed by atoms with E-state index in [9.17, 15) is 14.4 Å². The summed E-state index contributed by atoms with van der Waals surface area (Å²) >= 11 is 0. The van der Waals surface area contributed by atoms with E-state index in [1.54, 1.807) is 13.8 Å². The van der Waals surface area contributed by atoms with Gasteiger partial charge < -0.3 is 14.2 Å².